The third-order valence-electron chi connectivity index (χ3n) is 1.96. The molecule has 0 amide bonds. The van der Waals surface area contributed by atoms with E-state index >= 15 is 0 Å². The van der Waals surface area contributed by atoms with Crippen LogP contribution < -0.4 is 0 Å². The topological polar surface area (TPSA) is 9.23 Å². The van der Waals surface area contributed by atoms with E-state index in [-0.39, 0.29) is 6.42 Å². The Bertz CT molecular complexity index is 325. The Morgan fingerprint density at radius 2 is 2.07 bits per heavy atom. The van der Waals surface area contributed by atoms with Gasteiger partial charge in [0.15, 0.2) is 6.10 Å². The monoisotopic (exact) mass is 282 g/mol. The van der Waals surface area contributed by atoms with Gasteiger partial charge in [-0.2, -0.15) is 13.2 Å². The van der Waals surface area contributed by atoms with E-state index in [1.54, 1.807) is 24.3 Å². The summed E-state index contributed by atoms with van der Waals surface area (Å²) >= 11 is 3.20. The van der Waals surface area contributed by atoms with E-state index in [1.165, 1.54) is 0 Å². The molecule has 0 radical (unpaired) electrons. The van der Waals surface area contributed by atoms with Gasteiger partial charge in [0.1, 0.15) is 0 Å². The predicted molar refractivity (Wildman–Crippen MR) is 54.7 cm³/mol. The largest absolute Gasteiger partial charge is 0.414 e. The van der Waals surface area contributed by atoms with Crippen LogP contribution in [0, 0.1) is 0 Å². The van der Waals surface area contributed by atoms with Crippen LogP contribution in [0.4, 0.5) is 13.2 Å². The number of benzene rings is 1. The van der Waals surface area contributed by atoms with Gasteiger partial charge in [0.25, 0.3) is 0 Å². The Kier molecular flexibility index (Phi) is 4.16. The average Bonchev–Trinajstić information content (AvgIpc) is 2.12. The molecule has 5 heteroatoms. The molecule has 1 atom stereocenters. The second-order valence-corrected chi connectivity index (χ2v) is 4.02. The fraction of sp³-hybridized carbons (Fsp3) is 0.400. The van der Waals surface area contributed by atoms with E-state index in [4.69, 9.17) is 0 Å². The quantitative estimate of drug-likeness (QED) is 0.824. The van der Waals surface area contributed by atoms with Gasteiger partial charge >= 0.3 is 6.18 Å². The molecule has 0 saturated carbocycles. The van der Waals surface area contributed by atoms with Crippen molar-refractivity contribution in [2.24, 2.45) is 0 Å². The molecule has 0 heterocycles. The zero-order valence-electron chi connectivity index (χ0n) is 8.01. The standard InChI is InChI=1S/C10H10BrF3O/c1-15-9(10(12,13)14)6-7-3-2-4-8(11)5-7/h2-5,9H,6H2,1H3. The van der Waals surface area contributed by atoms with Crippen LogP contribution in [0.25, 0.3) is 0 Å². The smallest absolute Gasteiger partial charge is 0.372 e. The van der Waals surface area contributed by atoms with Crippen molar-refractivity contribution >= 4 is 15.9 Å². The van der Waals surface area contributed by atoms with Crippen molar-refractivity contribution in [2.75, 3.05) is 7.11 Å². The summed E-state index contributed by atoms with van der Waals surface area (Å²) in [7, 11) is 1.07. The number of hydrogen-bond donors (Lipinski definition) is 0. The second-order valence-electron chi connectivity index (χ2n) is 3.10. The molecule has 0 aliphatic rings. The van der Waals surface area contributed by atoms with Gasteiger partial charge in [-0.1, -0.05) is 28.1 Å². The Morgan fingerprint density at radius 3 is 2.53 bits per heavy atom. The molecule has 0 spiro atoms. The van der Waals surface area contributed by atoms with Crippen LogP contribution in [0.3, 0.4) is 0 Å². The normalized spacial score (nSPS) is 13.9. The molecule has 0 fully saturated rings. The Hall–Kier alpha value is -0.550. The van der Waals surface area contributed by atoms with Crippen molar-refractivity contribution in [1.29, 1.82) is 0 Å². The second kappa shape index (κ2) is 4.99. The van der Waals surface area contributed by atoms with Crippen LogP contribution in [0.2, 0.25) is 0 Å². The van der Waals surface area contributed by atoms with Gasteiger partial charge < -0.3 is 4.74 Å². The van der Waals surface area contributed by atoms with Crippen molar-refractivity contribution in [3.63, 3.8) is 0 Å². The first-order valence-electron chi connectivity index (χ1n) is 4.27. The molecule has 0 N–H and O–H groups in total. The molecule has 0 bridgehead atoms. The lowest BCUT2D eigenvalue weighted by molar-refractivity contribution is -0.212. The predicted octanol–water partition coefficient (Wildman–Crippen LogP) is 3.57. The van der Waals surface area contributed by atoms with Gasteiger partial charge in [0.2, 0.25) is 0 Å². The molecule has 15 heavy (non-hydrogen) atoms. The highest BCUT2D eigenvalue weighted by Crippen LogP contribution is 2.26. The summed E-state index contributed by atoms with van der Waals surface area (Å²) in [5, 5.41) is 0. The number of methoxy groups -OCH3 is 1. The summed E-state index contributed by atoms with van der Waals surface area (Å²) in [6, 6.07) is 6.75. The zero-order valence-corrected chi connectivity index (χ0v) is 9.60. The molecule has 0 saturated heterocycles. The third kappa shape index (κ3) is 3.83. The van der Waals surface area contributed by atoms with Gasteiger partial charge in [-0.05, 0) is 17.7 Å². The van der Waals surface area contributed by atoms with Gasteiger partial charge in [-0.25, -0.2) is 0 Å². The number of alkyl halides is 3. The van der Waals surface area contributed by atoms with Crippen LogP contribution >= 0.6 is 15.9 Å². The van der Waals surface area contributed by atoms with E-state index in [2.05, 4.69) is 20.7 Å². The van der Waals surface area contributed by atoms with Gasteiger partial charge in [-0.15, -0.1) is 0 Å². The van der Waals surface area contributed by atoms with Crippen molar-refractivity contribution in [1.82, 2.24) is 0 Å². The Balaban J connectivity index is 2.76. The van der Waals surface area contributed by atoms with Gasteiger partial charge in [-0.3, -0.25) is 0 Å². The highest BCUT2D eigenvalue weighted by molar-refractivity contribution is 9.10. The summed E-state index contributed by atoms with van der Waals surface area (Å²) in [4.78, 5) is 0. The van der Waals surface area contributed by atoms with Crippen LogP contribution in [0.15, 0.2) is 28.7 Å². The highest BCUT2D eigenvalue weighted by atomic mass is 79.9. The van der Waals surface area contributed by atoms with Crippen LogP contribution in [-0.2, 0) is 11.2 Å². The molecule has 0 aromatic heterocycles. The van der Waals surface area contributed by atoms with Crippen molar-refractivity contribution < 1.29 is 17.9 Å². The van der Waals surface area contributed by atoms with E-state index in [0.29, 0.717) is 5.56 Å². The molecule has 84 valence electrons. The summed E-state index contributed by atoms with van der Waals surface area (Å²) < 4.78 is 42.3. The van der Waals surface area contributed by atoms with E-state index in [1.807, 2.05) is 0 Å². The number of halogens is 4. The lowest BCUT2D eigenvalue weighted by atomic mass is 10.1. The number of hydrogen-bond acceptors (Lipinski definition) is 1. The summed E-state index contributed by atoms with van der Waals surface area (Å²) in [6.45, 7) is 0. The van der Waals surface area contributed by atoms with Crippen LogP contribution in [0.5, 0.6) is 0 Å². The van der Waals surface area contributed by atoms with Crippen LogP contribution in [-0.4, -0.2) is 19.4 Å². The molecule has 1 aromatic carbocycles. The zero-order chi connectivity index (χ0) is 11.5. The van der Waals surface area contributed by atoms with E-state index in [0.717, 1.165) is 11.6 Å². The van der Waals surface area contributed by atoms with Crippen LogP contribution in [0.1, 0.15) is 5.56 Å². The lowest BCUT2D eigenvalue weighted by Crippen LogP contribution is -2.32. The molecule has 1 aromatic rings. The number of ether oxygens (including phenoxy) is 1. The molecule has 1 unspecified atom stereocenters. The van der Waals surface area contributed by atoms with Crippen molar-refractivity contribution in [2.45, 2.75) is 18.7 Å². The first-order chi connectivity index (χ1) is 6.93. The van der Waals surface area contributed by atoms with Crippen molar-refractivity contribution in [3.8, 4) is 0 Å². The maximum Gasteiger partial charge on any atom is 0.414 e. The minimum Gasteiger partial charge on any atom is -0.372 e. The molecule has 1 rings (SSSR count). The first kappa shape index (κ1) is 12.5. The highest BCUT2D eigenvalue weighted by Gasteiger charge is 2.39. The summed E-state index contributed by atoms with van der Waals surface area (Å²) in [5.74, 6) is 0. The minimum absolute atomic E-state index is 0.167. The number of rotatable bonds is 3. The Labute approximate surface area is 94.4 Å². The molecular weight excluding hydrogens is 273 g/mol. The fourth-order valence-electron chi connectivity index (χ4n) is 1.21. The molecular formula is C10H10BrF3O. The first-order valence-corrected chi connectivity index (χ1v) is 5.06. The maximum atomic E-state index is 12.4. The summed E-state index contributed by atoms with van der Waals surface area (Å²) in [5.41, 5.74) is 0.591. The SMILES string of the molecule is COC(Cc1cccc(Br)c1)C(F)(F)F. The van der Waals surface area contributed by atoms with E-state index < -0.39 is 12.3 Å². The van der Waals surface area contributed by atoms with Gasteiger partial charge in [0.05, 0.1) is 0 Å². The minimum atomic E-state index is -4.32. The Morgan fingerprint density at radius 1 is 1.40 bits per heavy atom. The van der Waals surface area contributed by atoms with Gasteiger partial charge in [0, 0.05) is 18.0 Å². The summed E-state index contributed by atoms with van der Waals surface area (Å²) in [6.07, 6.45) is -6.23. The average molecular weight is 283 g/mol. The molecule has 0 aliphatic heterocycles. The third-order valence-corrected chi connectivity index (χ3v) is 2.45. The fourth-order valence-corrected chi connectivity index (χ4v) is 1.66. The van der Waals surface area contributed by atoms with Crippen molar-refractivity contribution in [3.05, 3.63) is 34.3 Å². The van der Waals surface area contributed by atoms with E-state index in [9.17, 15) is 13.2 Å². The maximum absolute atomic E-state index is 12.4. The molecule has 0 aliphatic carbocycles. The molecule has 1 nitrogen and oxygen atoms in total. The lowest BCUT2D eigenvalue weighted by Gasteiger charge is -2.18.